The summed E-state index contributed by atoms with van der Waals surface area (Å²) in [5, 5.41) is -1.38. The minimum absolute atomic E-state index is 0.425. The van der Waals surface area contributed by atoms with Gasteiger partial charge in [-0.05, 0) is 6.07 Å². The lowest BCUT2D eigenvalue weighted by Crippen LogP contribution is -2.19. The van der Waals surface area contributed by atoms with Crippen LogP contribution < -0.4 is 4.74 Å². The van der Waals surface area contributed by atoms with Gasteiger partial charge in [-0.3, -0.25) is 0 Å². The van der Waals surface area contributed by atoms with Gasteiger partial charge >= 0.3 is 6.36 Å². The SMILES string of the molecule is Fc1cc(Cl)c(Cl)c(F)c1OC(F)(F)F. The Labute approximate surface area is 90.3 Å². The Kier molecular flexibility index (Phi) is 3.30. The summed E-state index contributed by atoms with van der Waals surface area (Å²) < 4.78 is 64.0. The van der Waals surface area contributed by atoms with Crippen LogP contribution in [0.2, 0.25) is 10.0 Å². The highest BCUT2D eigenvalue weighted by Crippen LogP contribution is 2.36. The van der Waals surface area contributed by atoms with Crippen molar-refractivity contribution in [2.24, 2.45) is 0 Å². The van der Waals surface area contributed by atoms with Crippen molar-refractivity contribution in [2.75, 3.05) is 0 Å². The fraction of sp³-hybridized carbons (Fsp3) is 0.143. The fourth-order valence-corrected chi connectivity index (χ4v) is 1.08. The third-order valence-corrected chi connectivity index (χ3v) is 2.05. The molecule has 0 saturated heterocycles. The molecule has 0 heterocycles. The van der Waals surface area contributed by atoms with Crippen LogP contribution in [0.15, 0.2) is 6.07 Å². The fourth-order valence-electron chi connectivity index (χ4n) is 0.759. The molecule has 0 amide bonds. The summed E-state index contributed by atoms with van der Waals surface area (Å²) >= 11 is 10.4. The minimum atomic E-state index is -5.21. The van der Waals surface area contributed by atoms with Gasteiger partial charge in [-0.25, -0.2) is 8.78 Å². The molecular weight excluding hydrogens is 266 g/mol. The maximum atomic E-state index is 13.0. The van der Waals surface area contributed by atoms with Gasteiger partial charge in [0.15, 0.2) is 11.6 Å². The van der Waals surface area contributed by atoms with E-state index >= 15 is 0 Å². The van der Waals surface area contributed by atoms with Crippen molar-refractivity contribution >= 4 is 23.2 Å². The summed E-state index contributed by atoms with van der Waals surface area (Å²) in [5.74, 6) is -4.91. The van der Waals surface area contributed by atoms with Crippen LogP contribution >= 0.6 is 23.2 Å². The number of benzene rings is 1. The molecule has 0 spiro atoms. The second-order valence-electron chi connectivity index (χ2n) is 2.35. The molecule has 0 aliphatic heterocycles. The van der Waals surface area contributed by atoms with Crippen LogP contribution in [-0.4, -0.2) is 6.36 Å². The zero-order valence-corrected chi connectivity index (χ0v) is 8.14. The van der Waals surface area contributed by atoms with Crippen LogP contribution in [0.4, 0.5) is 22.0 Å². The molecule has 8 heteroatoms. The Morgan fingerprint density at radius 2 is 1.67 bits per heavy atom. The maximum absolute atomic E-state index is 13.0. The van der Waals surface area contributed by atoms with Crippen LogP contribution in [0.3, 0.4) is 0 Å². The zero-order valence-electron chi connectivity index (χ0n) is 6.63. The smallest absolute Gasteiger partial charge is 0.399 e. The van der Waals surface area contributed by atoms with E-state index in [0.717, 1.165) is 0 Å². The van der Waals surface area contributed by atoms with Crippen LogP contribution in [-0.2, 0) is 0 Å². The Bertz CT molecular complexity index is 390. The van der Waals surface area contributed by atoms with E-state index in [4.69, 9.17) is 23.2 Å². The summed E-state index contributed by atoms with van der Waals surface area (Å²) in [7, 11) is 0. The molecule has 0 bridgehead atoms. The molecule has 84 valence electrons. The van der Waals surface area contributed by atoms with Gasteiger partial charge in [0.05, 0.1) is 10.0 Å². The van der Waals surface area contributed by atoms with Crippen molar-refractivity contribution in [3.05, 3.63) is 27.7 Å². The Morgan fingerprint density at radius 3 is 2.13 bits per heavy atom. The van der Waals surface area contributed by atoms with Crippen LogP contribution in [0, 0.1) is 11.6 Å². The van der Waals surface area contributed by atoms with E-state index in [0.29, 0.717) is 6.07 Å². The highest BCUT2D eigenvalue weighted by atomic mass is 35.5. The van der Waals surface area contributed by atoms with Gasteiger partial charge in [0.2, 0.25) is 5.75 Å². The molecule has 0 aliphatic rings. The number of halogens is 7. The maximum Gasteiger partial charge on any atom is 0.573 e. The molecule has 0 aliphatic carbocycles. The van der Waals surface area contributed by atoms with E-state index in [1.807, 2.05) is 0 Å². The van der Waals surface area contributed by atoms with Gasteiger partial charge in [-0.1, -0.05) is 23.2 Å². The first kappa shape index (κ1) is 12.3. The predicted molar refractivity (Wildman–Crippen MR) is 43.1 cm³/mol. The summed E-state index contributed by atoms with van der Waals surface area (Å²) in [6.07, 6.45) is -5.21. The first-order chi connectivity index (χ1) is 6.72. The number of hydrogen-bond acceptors (Lipinski definition) is 1. The molecule has 0 N–H and O–H groups in total. The topological polar surface area (TPSA) is 9.23 Å². The third kappa shape index (κ3) is 2.85. The minimum Gasteiger partial charge on any atom is -0.399 e. The second-order valence-corrected chi connectivity index (χ2v) is 3.13. The van der Waals surface area contributed by atoms with E-state index < -0.39 is 33.8 Å². The lowest BCUT2D eigenvalue weighted by Gasteiger charge is -2.11. The van der Waals surface area contributed by atoms with Gasteiger partial charge in [-0.2, -0.15) is 0 Å². The quantitative estimate of drug-likeness (QED) is 0.421. The third-order valence-electron chi connectivity index (χ3n) is 1.29. The molecule has 0 fully saturated rings. The average Bonchev–Trinajstić information content (AvgIpc) is 2.07. The monoisotopic (exact) mass is 266 g/mol. The normalized spacial score (nSPS) is 11.7. The van der Waals surface area contributed by atoms with E-state index in [2.05, 4.69) is 4.74 Å². The molecule has 0 atom stereocenters. The van der Waals surface area contributed by atoms with E-state index in [1.165, 1.54) is 0 Å². The number of rotatable bonds is 1. The van der Waals surface area contributed by atoms with Crippen LogP contribution in [0.25, 0.3) is 0 Å². The van der Waals surface area contributed by atoms with Crippen molar-refractivity contribution in [1.29, 1.82) is 0 Å². The standard InChI is InChI=1S/C7HCl2F5O/c8-2-1-3(10)6(5(11)4(2)9)15-7(12,13)14/h1H. The second kappa shape index (κ2) is 4.02. The van der Waals surface area contributed by atoms with Crippen molar-refractivity contribution in [3.63, 3.8) is 0 Å². The summed E-state index contributed by atoms with van der Waals surface area (Å²) in [6, 6.07) is 0.425. The first-order valence-electron chi connectivity index (χ1n) is 3.31. The summed E-state index contributed by atoms with van der Waals surface area (Å²) in [6.45, 7) is 0. The molecule has 1 aromatic carbocycles. The van der Waals surface area contributed by atoms with Crippen molar-refractivity contribution in [1.82, 2.24) is 0 Å². The lowest BCUT2D eigenvalue weighted by molar-refractivity contribution is -0.276. The summed E-state index contributed by atoms with van der Waals surface area (Å²) in [5.41, 5.74) is 0. The Morgan fingerprint density at radius 1 is 1.13 bits per heavy atom. The number of ether oxygens (including phenoxy) is 1. The van der Waals surface area contributed by atoms with E-state index in [9.17, 15) is 22.0 Å². The molecular formula is C7HCl2F5O. The van der Waals surface area contributed by atoms with E-state index in [-0.39, 0.29) is 0 Å². The molecule has 0 unspecified atom stereocenters. The molecule has 0 saturated carbocycles. The van der Waals surface area contributed by atoms with Crippen LogP contribution in [0.5, 0.6) is 5.75 Å². The molecule has 0 radical (unpaired) electrons. The van der Waals surface area contributed by atoms with Gasteiger partial charge in [0.25, 0.3) is 0 Å². The van der Waals surface area contributed by atoms with Gasteiger partial charge in [0.1, 0.15) is 0 Å². The Balaban J connectivity index is 3.24. The number of alkyl halides is 3. The average molecular weight is 267 g/mol. The largest absolute Gasteiger partial charge is 0.573 e. The summed E-state index contributed by atoms with van der Waals surface area (Å²) in [4.78, 5) is 0. The molecule has 1 nitrogen and oxygen atoms in total. The molecule has 0 aromatic heterocycles. The van der Waals surface area contributed by atoms with Crippen molar-refractivity contribution < 1.29 is 26.7 Å². The predicted octanol–water partition coefficient (Wildman–Crippen LogP) is 4.17. The number of hydrogen-bond donors (Lipinski definition) is 0. The Hall–Kier alpha value is -0.750. The van der Waals surface area contributed by atoms with Gasteiger partial charge in [0, 0.05) is 0 Å². The first-order valence-corrected chi connectivity index (χ1v) is 4.06. The van der Waals surface area contributed by atoms with E-state index in [1.54, 1.807) is 0 Å². The van der Waals surface area contributed by atoms with Crippen molar-refractivity contribution in [2.45, 2.75) is 6.36 Å². The van der Waals surface area contributed by atoms with Gasteiger partial charge < -0.3 is 4.74 Å². The zero-order chi connectivity index (χ0) is 11.8. The highest BCUT2D eigenvalue weighted by molar-refractivity contribution is 6.42. The van der Waals surface area contributed by atoms with Crippen LogP contribution in [0.1, 0.15) is 0 Å². The molecule has 1 rings (SSSR count). The highest BCUT2D eigenvalue weighted by Gasteiger charge is 2.35. The van der Waals surface area contributed by atoms with Crippen molar-refractivity contribution in [3.8, 4) is 5.75 Å². The molecule has 15 heavy (non-hydrogen) atoms. The van der Waals surface area contributed by atoms with Gasteiger partial charge in [-0.15, -0.1) is 13.2 Å². The lowest BCUT2D eigenvalue weighted by atomic mass is 10.3. The molecule has 1 aromatic rings.